The Morgan fingerprint density at radius 3 is 2.33 bits per heavy atom. The van der Waals surface area contributed by atoms with Gasteiger partial charge in [-0.25, -0.2) is 4.68 Å². The topological polar surface area (TPSA) is 77.2 Å². The molecule has 39 heavy (non-hydrogen) atoms. The third-order valence-corrected chi connectivity index (χ3v) is 11.2. The molecule has 0 radical (unpaired) electrons. The molecule has 1 atom stereocenters. The zero-order chi connectivity index (χ0) is 28.3. The highest BCUT2D eigenvalue weighted by Crippen LogP contribution is 2.59. The first-order valence-electron chi connectivity index (χ1n) is 12.7. The van der Waals surface area contributed by atoms with Crippen LogP contribution in [0.1, 0.15) is 49.2 Å². The van der Waals surface area contributed by atoms with Gasteiger partial charge >= 0.3 is 5.97 Å². The van der Waals surface area contributed by atoms with Crippen molar-refractivity contribution in [3.05, 3.63) is 93.2 Å². The van der Waals surface area contributed by atoms with Gasteiger partial charge in [0.25, 0.3) is 0 Å². The molecule has 206 valence electrons. The van der Waals surface area contributed by atoms with Gasteiger partial charge in [-0.2, -0.15) is 10.0 Å². The first kappa shape index (κ1) is 29.0. The molecule has 0 fully saturated rings. The molecule has 0 aliphatic rings. The number of hydrogen-bond donors (Lipinski definition) is 1. The van der Waals surface area contributed by atoms with E-state index in [0.29, 0.717) is 15.7 Å². The molecule has 0 saturated carbocycles. The molecule has 1 N–H and O–H groups in total. The maximum Gasteiger partial charge on any atom is 0.307 e. The summed E-state index contributed by atoms with van der Waals surface area (Å²) in [4.78, 5) is 13.7. The van der Waals surface area contributed by atoms with Crippen LogP contribution in [0.15, 0.2) is 70.5 Å². The van der Waals surface area contributed by atoms with Crippen LogP contribution in [0.4, 0.5) is 0 Å². The van der Waals surface area contributed by atoms with Crippen molar-refractivity contribution in [1.29, 1.82) is 0 Å². The summed E-state index contributed by atoms with van der Waals surface area (Å²) in [6.07, 6.45) is 2.29. The van der Waals surface area contributed by atoms with Crippen LogP contribution in [0.3, 0.4) is 0 Å². The molecule has 1 unspecified atom stereocenters. The predicted molar refractivity (Wildman–Crippen MR) is 159 cm³/mol. The highest BCUT2D eigenvalue weighted by atomic mass is 35.5. The van der Waals surface area contributed by atoms with Crippen LogP contribution in [0.5, 0.6) is 5.75 Å². The van der Waals surface area contributed by atoms with Gasteiger partial charge in [0.15, 0.2) is 0 Å². The molecule has 0 aliphatic heterocycles. The summed E-state index contributed by atoms with van der Waals surface area (Å²) in [7, 11) is -1.36. The zero-order valence-electron chi connectivity index (χ0n) is 22.7. The molecule has 0 bridgehead atoms. The standard InChI is InChI=1S/C30H33Cl2N3O3S/c1-6-39(5,22-10-7-9-21(16-22)17-28(36)37)23-13-14-27(20(4)15-23)38-18-26-29(19(2)3)33-34-35(26)30-24(31)11-8-12-25(30)32/h7-16,19H,6,17-18H2,1-5H3,(H,36,37). The third-order valence-electron chi connectivity index (χ3n) is 6.87. The Morgan fingerprint density at radius 1 is 1.05 bits per heavy atom. The van der Waals surface area contributed by atoms with Gasteiger partial charge < -0.3 is 9.84 Å². The summed E-state index contributed by atoms with van der Waals surface area (Å²) in [5.74, 6) is 1.01. The SMILES string of the molecule is CCS(C)(c1cccc(CC(=O)O)c1)c1ccc(OCc2c(C(C)C)nnn2-c2c(Cl)cccc2Cl)c(C)c1. The fourth-order valence-corrected chi connectivity index (χ4v) is 7.65. The maximum atomic E-state index is 11.3. The van der Waals surface area contributed by atoms with Gasteiger partial charge in [-0.3, -0.25) is 4.79 Å². The molecule has 9 heteroatoms. The molecule has 0 amide bonds. The summed E-state index contributed by atoms with van der Waals surface area (Å²) in [6.45, 7) is 8.59. The fraction of sp³-hybridized carbons (Fsp3) is 0.300. The number of ether oxygens (including phenoxy) is 1. The van der Waals surface area contributed by atoms with Crippen LogP contribution in [0.25, 0.3) is 5.69 Å². The van der Waals surface area contributed by atoms with E-state index in [1.54, 1.807) is 22.9 Å². The summed E-state index contributed by atoms with van der Waals surface area (Å²) >= 11 is 13.0. The number of carbonyl (C=O) groups is 1. The number of aromatic nitrogens is 3. The van der Waals surface area contributed by atoms with Crippen LogP contribution in [0, 0.1) is 6.92 Å². The minimum atomic E-state index is -1.36. The Hall–Kier alpha value is -3.00. The lowest BCUT2D eigenvalue weighted by Crippen LogP contribution is -2.10. The maximum absolute atomic E-state index is 11.3. The lowest BCUT2D eigenvalue weighted by molar-refractivity contribution is -0.136. The van der Waals surface area contributed by atoms with E-state index in [9.17, 15) is 9.90 Å². The van der Waals surface area contributed by atoms with E-state index in [1.807, 2.05) is 31.2 Å². The quantitative estimate of drug-likeness (QED) is 0.203. The van der Waals surface area contributed by atoms with Crippen molar-refractivity contribution in [2.75, 3.05) is 12.0 Å². The summed E-state index contributed by atoms with van der Waals surface area (Å²) in [5, 5.41) is 19.0. The Kier molecular flexibility index (Phi) is 8.94. The first-order chi connectivity index (χ1) is 18.5. The van der Waals surface area contributed by atoms with Gasteiger partial charge in [-0.15, -0.1) is 5.10 Å². The molecule has 0 aliphatic carbocycles. The predicted octanol–water partition coefficient (Wildman–Crippen LogP) is 8.08. The second kappa shape index (κ2) is 12.0. The second-order valence-electron chi connectivity index (χ2n) is 9.87. The highest BCUT2D eigenvalue weighted by Gasteiger charge is 2.24. The Balaban J connectivity index is 1.64. The molecular formula is C30H33Cl2N3O3S. The first-order valence-corrected chi connectivity index (χ1v) is 15.7. The Labute approximate surface area is 241 Å². The van der Waals surface area contributed by atoms with E-state index in [4.69, 9.17) is 27.9 Å². The molecular weight excluding hydrogens is 553 g/mol. The number of aliphatic carboxylic acids is 1. The lowest BCUT2D eigenvalue weighted by atomic mass is 10.1. The lowest BCUT2D eigenvalue weighted by Gasteiger charge is -2.36. The number of nitrogens with zero attached hydrogens (tertiary/aromatic N) is 3. The minimum Gasteiger partial charge on any atom is -0.487 e. The normalized spacial score (nSPS) is 13.7. The number of halogens is 2. The average molecular weight is 587 g/mol. The van der Waals surface area contributed by atoms with Crippen LogP contribution in [-0.2, 0) is 17.8 Å². The zero-order valence-corrected chi connectivity index (χ0v) is 25.1. The van der Waals surface area contributed by atoms with Crippen molar-refractivity contribution in [1.82, 2.24) is 15.0 Å². The molecule has 0 saturated heterocycles. The van der Waals surface area contributed by atoms with Gasteiger partial charge in [0.2, 0.25) is 0 Å². The van der Waals surface area contributed by atoms with E-state index >= 15 is 0 Å². The monoisotopic (exact) mass is 585 g/mol. The van der Waals surface area contributed by atoms with Crippen LogP contribution in [0.2, 0.25) is 10.0 Å². The molecule has 0 spiro atoms. The smallest absolute Gasteiger partial charge is 0.307 e. The van der Waals surface area contributed by atoms with Crippen molar-refractivity contribution in [3.8, 4) is 11.4 Å². The third kappa shape index (κ3) is 6.11. The van der Waals surface area contributed by atoms with E-state index in [-0.39, 0.29) is 18.9 Å². The fourth-order valence-electron chi connectivity index (χ4n) is 4.56. The summed E-state index contributed by atoms with van der Waals surface area (Å²) < 4.78 is 8.01. The van der Waals surface area contributed by atoms with Gasteiger partial charge in [-0.05, 0) is 88.2 Å². The molecule has 6 nitrogen and oxygen atoms in total. The molecule has 1 aromatic heterocycles. The van der Waals surface area contributed by atoms with Crippen molar-refractivity contribution in [2.24, 2.45) is 0 Å². The molecule has 4 aromatic rings. The minimum absolute atomic E-state index is 0.0160. The van der Waals surface area contributed by atoms with Crippen molar-refractivity contribution in [2.45, 2.75) is 56.4 Å². The highest BCUT2D eigenvalue weighted by molar-refractivity contribution is 8.33. The van der Waals surface area contributed by atoms with Crippen LogP contribution >= 0.6 is 33.2 Å². The average Bonchev–Trinajstić information content (AvgIpc) is 3.31. The van der Waals surface area contributed by atoms with E-state index in [0.717, 1.165) is 34.0 Å². The van der Waals surface area contributed by atoms with Gasteiger partial charge in [0.1, 0.15) is 23.7 Å². The van der Waals surface area contributed by atoms with Gasteiger partial charge in [-0.1, -0.05) is 67.4 Å². The number of rotatable bonds is 10. The Bertz CT molecular complexity index is 1480. The number of aryl methyl sites for hydroxylation is 1. The largest absolute Gasteiger partial charge is 0.487 e. The van der Waals surface area contributed by atoms with Crippen molar-refractivity contribution < 1.29 is 14.6 Å². The van der Waals surface area contributed by atoms with Gasteiger partial charge in [0, 0.05) is 0 Å². The number of carboxylic acid groups (broad SMARTS) is 1. The van der Waals surface area contributed by atoms with Crippen LogP contribution < -0.4 is 4.74 Å². The van der Waals surface area contributed by atoms with E-state index in [2.05, 4.69) is 55.5 Å². The van der Waals surface area contributed by atoms with Crippen molar-refractivity contribution in [3.63, 3.8) is 0 Å². The number of hydrogen-bond acceptors (Lipinski definition) is 4. The molecule has 3 aromatic carbocycles. The second-order valence-corrected chi connectivity index (χ2v) is 14.4. The Morgan fingerprint density at radius 2 is 1.72 bits per heavy atom. The summed E-state index contributed by atoms with van der Waals surface area (Å²) in [5.41, 5.74) is 4.03. The number of carboxylic acids is 1. The number of benzene rings is 3. The van der Waals surface area contributed by atoms with E-state index < -0.39 is 16.0 Å². The summed E-state index contributed by atoms with van der Waals surface area (Å²) in [6, 6.07) is 19.6. The van der Waals surface area contributed by atoms with Crippen LogP contribution in [-0.4, -0.2) is 38.1 Å². The molecule has 4 rings (SSSR count). The molecule has 1 heterocycles. The van der Waals surface area contributed by atoms with E-state index in [1.165, 1.54) is 9.79 Å². The van der Waals surface area contributed by atoms with Crippen molar-refractivity contribution >= 4 is 39.2 Å². The number of para-hydroxylation sites is 1. The van der Waals surface area contributed by atoms with Gasteiger partial charge in [0.05, 0.1) is 22.2 Å².